The van der Waals surface area contributed by atoms with E-state index in [1.54, 1.807) is 4.90 Å². The second kappa shape index (κ2) is 7.25. The number of hydrogen-bond donors (Lipinski definition) is 0. The SMILES string of the molecule is O=C([C@@H]1C[C@H](F)CN1C(=O)c1cccc(C(F)(F)F)c1)N1CCCCC1. The van der Waals surface area contributed by atoms with Gasteiger partial charge in [-0.2, -0.15) is 13.2 Å². The molecule has 0 radical (unpaired) electrons. The maximum Gasteiger partial charge on any atom is 0.416 e. The Labute approximate surface area is 148 Å². The van der Waals surface area contributed by atoms with Crippen LogP contribution in [-0.2, 0) is 11.0 Å². The standard InChI is InChI=1S/C18H20F4N2O2/c19-14-10-15(17(26)23-7-2-1-3-8-23)24(11-14)16(25)12-5-4-6-13(9-12)18(20,21)22/h4-6,9,14-15H,1-3,7-8,10-11H2/t14-,15-/m0/s1. The molecule has 0 unspecified atom stereocenters. The Morgan fingerprint density at radius 3 is 2.42 bits per heavy atom. The minimum Gasteiger partial charge on any atom is -0.341 e. The zero-order chi connectivity index (χ0) is 18.9. The average Bonchev–Trinajstić information content (AvgIpc) is 3.02. The molecule has 3 rings (SSSR count). The minimum absolute atomic E-state index is 0.111. The minimum atomic E-state index is -4.58. The van der Waals surface area contributed by atoms with E-state index in [0.29, 0.717) is 13.1 Å². The van der Waals surface area contributed by atoms with E-state index < -0.39 is 29.9 Å². The molecule has 1 aromatic rings. The normalized spacial score (nSPS) is 24.0. The summed E-state index contributed by atoms with van der Waals surface area (Å²) in [4.78, 5) is 28.1. The number of carbonyl (C=O) groups excluding carboxylic acids is 2. The quantitative estimate of drug-likeness (QED) is 0.748. The smallest absolute Gasteiger partial charge is 0.341 e. The van der Waals surface area contributed by atoms with Crippen molar-refractivity contribution in [2.24, 2.45) is 0 Å². The number of alkyl halides is 4. The first-order valence-corrected chi connectivity index (χ1v) is 8.68. The fourth-order valence-corrected chi connectivity index (χ4v) is 3.56. The molecule has 2 aliphatic heterocycles. The number of piperidine rings is 1. The molecule has 8 heteroatoms. The summed E-state index contributed by atoms with van der Waals surface area (Å²) >= 11 is 0. The van der Waals surface area contributed by atoms with E-state index in [2.05, 4.69) is 0 Å². The Morgan fingerprint density at radius 1 is 1.08 bits per heavy atom. The molecule has 2 fully saturated rings. The van der Waals surface area contributed by atoms with E-state index in [-0.39, 0.29) is 24.4 Å². The first-order valence-electron chi connectivity index (χ1n) is 8.68. The highest BCUT2D eigenvalue weighted by molar-refractivity contribution is 5.98. The lowest BCUT2D eigenvalue weighted by atomic mass is 10.1. The lowest BCUT2D eigenvalue weighted by Gasteiger charge is -2.32. The third kappa shape index (κ3) is 3.83. The van der Waals surface area contributed by atoms with Crippen molar-refractivity contribution in [1.29, 1.82) is 0 Å². The van der Waals surface area contributed by atoms with Crippen LogP contribution in [0.1, 0.15) is 41.6 Å². The Balaban J connectivity index is 1.81. The van der Waals surface area contributed by atoms with Gasteiger partial charge >= 0.3 is 6.18 Å². The summed E-state index contributed by atoms with van der Waals surface area (Å²) in [6.07, 6.45) is -3.30. The van der Waals surface area contributed by atoms with Crippen LogP contribution in [0.5, 0.6) is 0 Å². The Hall–Kier alpha value is -2.12. The maximum absolute atomic E-state index is 14.0. The van der Waals surface area contributed by atoms with Crippen molar-refractivity contribution in [3.05, 3.63) is 35.4 Å². The van der Waals surface area contributed by atoms with E-state index >= 15 is 0 Å². The Kier molecular flexibility index (Phi) is 5.20. The van der Waals surface area contributed by atoms with Gasteiger partial charge in [0.2, 0.25) is 5.91 Å². The summed E-state index contributed by atoms with van der Waals surface area (Å²) in [6.45, 7) is 0.856. The van der Waals surface area contributed by atoms with Gasteiger partial charge in [0.05, 0.1) is 12.1 Å². The molecule has 2 aliphatic rings. The number of nitrogens with zero attached hydrogens (tertiary/aromatic N) is 2. The van der Waals surface area contributed by atoms with Crippen LogP contribution < -0.4 is 0 Å². The average molecular weight is 372 g/mol. The predicted molar refractivity (Wildman–Crippen MR) is 86.2 cm³/mol. The summed E-state index contributed by atoms with van der Waals surface area (Å²) in [6, 6.07) is 3.06. The van der Waals surface area contributed by atoms with Crippen LogP contribution in [0.4, 0.5) is 17.6 Å². The van der Waals surface area contributed by atoms with Crippen molar-refractivity contribution < 1.29 is 27.2 Å². The van der Waals surface area contributed by atoms with Crippen molar-refractivity contribution in [3.8, 4) is 0 Å². The molecule has 2 amide bonds. The molecule has 0 N–H and O–H groups in total. The lowest BCUT2D eigenvalue weighted by molar-refractivity contribution is -0.138. The molecule has 1 aromatic carbocycles. The van der Waals surface area contributed by atoms with E-state index in [0.717, 1.165) is 42.4 Å². The topological polar surface area (TPSA) is 40.6 Å². The van der Waals surface area contributed by atoms with Gasteiger partial charge in [0.25, 0.3) is 5.91 Å². The van der Waals surface area contributed by atoms with Gasteiger partial charge in [0, 0.05) is 25.1 Å². The van der Waals surface area contributed by atoms with Crippen LogP contribution in [0, 0.1) is 0 Å². The number of benzene rings is 1. The predicted octanol–water partition coefficient (Wildman–Crippen LogP) is 3.27. The third-order valence-electron chi connectivity index (χ3n) is 4.90. The van der Waals surface area contributed by atoms with Crippen LogP contribution in [0.15, 0.2) is 24.3 Å². The summed E-state index contributed by atoms with van der Waals surface area (Å²) in [5, 5.41) is 0. The fourth-order valence-electron chi connectivity index (χ4n) is 3.56. The molecule has 0 aliphatic carbocycles. The van der Waals surface area contributed by atoms with Crippen LogP contribution in [0.3, 0.4) is 0 Å². The van der Waals surface area contributed by atoms with Crippen LogP contribution in [0.25, 0.3) is 0 Å². The number of hydrogen-bond acceptors (Lipinski definition) is 2. The molecule has 2 saturated heterocycles. The summed E-state index contributed by atoms with van der Waals surface area (Å²) < 4.78 is 52.6. The second-order valence-corrected chi connectivity index (χ2v) is 6.77. The summed E-state index contributed by atoms with van der Waals surface area (Å²) in [5.41, 5.74) is -1.14. The largest absolute Gasteiger partial charge is 0.416 e. The van der Waals surface area contributed by atoms with Gasteiger partial charge in [-0.15, -0.1) is 0 Å². The molecule has 2 atom stereocenters. The molecular formula is C18H20F4N2O2. The molecule has 142 valence electrons. The van der Waals surface area contributed by atoms with Crippen molar-refractivity contribution in [1.82, 2.24) is 9.80 Å². The van der Waals surface area contributed by atoms with Gasteiger partial charge in [0.15, 0.2) is 0 Å². The van der Waals surface area contributed by atoms with Gasteiger partial charge < -0.3 is 9.80 Å². The number of rotatable bonds is 2. The molecule has 0 spiro atoms. The second-order valence-electron chi connectivity index (χ2n) is 6.77. The van der Waals surface area contributed by atoms with Gasteiger partial charge in [0.1, 0.15) is 12.2 Å². The molecule has 26 heavy (non-hydrogen) atoms. The molecule has 2 heterocycles. The Bertz CT molecular complexity index is 686. The van der Waals surface area contributed by atoms with Crippen molar-refractivity contribution in [2.75, 3.05) is 19.6 Å². The number of halogens is 4. The monoisotopic (exact) mass is 372 g/mol. The number of carbonyl (C=O) groups is 2. The van der Waals surface area contributed by atoms with Crippen molar-refractivity contribution >= 4 is 11.8 Å². The number of likely N-dealkylation sites (tertiary alicyclic amines) is 2. The van der Waals surface area contributed by atoms with E-state index in [9.17, 15) is 27.2 Å². The highest BCUT2D eigenvalue weighted by Gasteiger charge is 2.42. The van der Waals surface area contributed by atoms with E-state index in [1.807, 2.05) is 0 Å². The van der Waals surface area contributed by atoms with Crippen LogP contribution >= 0.6 is 0 Å². The number of amides is 2. The van der Waals surface area contributed by atoms with Gasteiger partial charge in [-0.1, -0.05) is 6.07 Å². The zero-order valence-electron chi connectivity index (χ0n) is 14.1. The van der Waals surface area contributed by atoms with Crippen molar-refractivity contribution in [3.63, 3.8) is 0 Å². The molecule has 4 nitrogen and oxygen atoms in total. The van der Waals surface area contributed by atoms with Crippen molar-refractivity contribution in [2.45, 2.75) is 44.1 Å². The maximum atomic E-state index is 14.0. The first-order chi connectivity index (χ1) is 12.3. The summed E-state index contributed by atoms with van der Waals surface area (Å²) in [5.74, 6) is -1.06. The van der Waals surface area contributed by atoms with E-state index in [4.69, 9.17) is 0 Å². The Morgan fingerprint density at radius 2 is 1.77 bits per heavy atom. The molecule has 0 bridgehead atoms. The van der Waals surface area contributed by atoms with E-state index in [1.165, 1.54) is 6.07 Å². The fraction of sp³-hybridized carbons (Fsp3) is 0.556. The van der Waals surface area contributed by atoms with Gasteiger partial charge in [-0.3, -0.25) is 9.59 Å². The highest BCUT2D eigenvalue weighted by atomic mass is 19.4. The van der Waals surface area contributed by atoms with Crippen LogP contribution in [-0.4, -0.2) is 53.5 Å². The molecular weight excluding hydrogens is 352 g/mol. The third-order valence-corrected chi connectivity index (χ3v) is 4.90. The van der Waals surface area contributed by atoms with Gasteiger partial charge in [-0.25, -0.2) is 4.39 Å². The molecule has 0 saturated carbocycles. The highest BCUT2D eigenvalue weighted by Crippen LogP contribution is 2.31. The van der Waals surface area contributed by atoms with Gasteiger partial charge in [-0.05, 0) is 37.5 Å². The van der Waals surface area contributed by atoms with Crippen LogP contribution in [0.2, 0.25) is 0 Å². The molecule has 0 aromatic heterocycles. The lowest BCUT2D eigenvalue weighted by Crippen LogP contribution is -2.49. The summed E-state index contributed by atoms with van der Waals surface area (Å²) in [7, 11) is 0. The first kappa shape index (κ1) is 18.7. The zero-order valence-corrected chi connectivity index (χ0v) is 14.1.